The van der Waals surface area contributed by atoms with Gasteiger partial charge in [-0.25, -0.2) is 4.79 Å². The molecule has 1 aliphatic rings. The lowest BCUT2D eigenvalue weighted by Crippen LogP contribution is -2.18. The van der Waals surface area contributed by atoms with Gasteiger partial charge in [0.05, 0.1) is 0 Å². The Bertz CT molecular complexity index is 931. The standard InChI is InChI=1S/C18H14O8/c19-10-4-2-9(7-12(10)21)16-15(18(24)25)14-8(3-6-13(22)23)1-5-11(20)17(14)26-16/h1-7,15-16,19-21H,(H,22,23)(H,24,25)/t15-,16+/m0/s1. The van der Waals surface area contributed by atoms with E-state index in [0.29, 0.717) is 0 Å². The lowest BCUT2D eigenvalue weighted by atomic mass is 9.88. The molecule has 2 aromatic rings. The van der Waals surface area contributed by atoms with Crippen LogP contribution < -0.4 is 4.74 Å². The highest BCUT2D eigenvalue weighted by Crippen LogP contribution is 2.52. The van der Waals surface area contributed by atoms with Gasteiger partial charge >= 0.3 is 11.9 Å². The molecule has 0 bridgehead atoms. The summed E-state index contributed by atoms with van der Waals surface area (Å²) in [4.78, 5) is 22.7. The smallest absolute Gasteiger partial charge is 0.328 e. The molecule has 1 heterocycles. The number of ether oxygens (including phenoxy) is 1. The fourth-order valence-electron chi connectivity index (χ4n) is 2.93. The summed E-state index contributed by atoms with van der Waals surface area (Å²) in [6, 6.07) is 6.43. The topological polar surface area (TPSA) is 145 Å². The van der Waals surface area contributed by atoms with E-state index in [4.69, 9.17) is 9.84 Å². The summed E-state index contributed by atoms with van der Waals surface area (Å²) < 4.78 is 5.64. The van der Waals surface area contributed by atoms with Crippen LogP contribution in [0.15, 0.2) is 36.4 Å². The molecule has 0 saturated heterocycles. The lowest BCUT2D eigenvalue weighted by Gasteiger charge is -2.17. The van der Waals surface area contributed by atoms with Crippen molar-refractivity contribution >= 4 is 18.0 Å². The molecule has 0 aliphatic carbocycles. The van der Waals surface area contributed by atoms with E-state index < -0.39 is 29.7 Å². The molecule has 3 rings (SSSR count). The minimum Gasteiger partial charge on any atom is -0.504 e. The SMILES string of the molecule is O=C(O)C=Cc1ccc(O)c2c1[C@H](C(=O)O)[C@@H](c1ccc(O)c(O)c1)O2. The molecule has 0 unspecified atom stereocenters. The van der Waals surface area contributed by atoms with Gasteiger partial charge in [0, 0.05) is 11.6 Å². The van der Waals surface area contributed by atoms with E-state index in [-0.39, 0.29) is 33.9 Å². The Hall–Kier alpha value is -3.68. The first-order valence-electron chi connectivity index (χ1n) is 7.47. The van der Waals surface area contributed by atoms with Gasteiger partial charge in [0.15, 0.2) is 23.0 Å². The molecule has 2 aromatic carbocycles. The van der Waals surface area contributed by atoms with Gasteiger partial charge in [0.2, 0.25) is 0 Å². The van der Waals surface area contributed by atoms with Crippen molar-refractivity contribution in [3.63, 3.8) is 0 Å². The molecular formula is C18H14O8. The van der Waals surface area contributed by atoms with Crippen LogP contribution in [0.4, 0.5) is 0 Å². The van der Waals surface area contributed by atoms with E-state index >= 15 is 0 Å². The predicted octanol–water partition coefficient (Wildman–Crippen LogP) is 2.20. The number of aromatic hydroxyl groups is 3. The van der Waals surface area contributed by atoms with Gasteiger partial charge in [-0.3, -0.25) is 4.79 Å². The van der Waals surface area contributed by atoms with Crippen LogP contribution in [-0.4, -0.2) is 37.5 Å². The molecule has 0 radical (unpaired) electrons. The highest BCUT2D eigenvalue weighted by atomic mass is 16.5. The number of phenolic OH excluding ortho intramolecular Hbond substituents is 3. The van der Waals surface area contributed by atoms with Gasteiger partial charge in [-0.2, -0.15) is 0 Å². The van der Waals surface area contributed by atoms with Crippen molar-refractivity contribution in [2.45, 2.75) is 12.0 Å². The quantitative estimate of drug-likeness (QED) is 0.413. The maximum absolute atomic E-state index is 11.9. The van der Waals surface area contributed by atoms with Crippen molar-refractivity contribution < 1.29 is 39.9 Å². The summed E-state index contributed by atoms with van der Waals surface area (Å²) in [6.45, 7) is 0. The lowest BCUT2D eigenvalue weighted by molar-refractivity contribution is -0.140. The summed E-state index contributed by atoms with van der Waals surface area (Å²) >= 11 is 0. The number of benzene rings is 2. The largest absolute Gasteiger partial charge is 0.504 e. The minimum absolute atomic E-state index is 0.0671. The zero-order valence-corrected chi connectivity index (χ0v) is 13.2. The van der Waals surface area contributed by atoms with Crippen molar-refractivity contribution in [2.75, 3.05) is 0 Å². The number of phenols is 3. The Morgan fingerprint density at radius 2 is 1.65 bits per heavy atom. The second-order valence-corrected chi connectivity index (χ2v) is 5.69. The number of carbonyl (C=O) groups is 2. The third kappa shape index (κ3) is 2.88. The molecule has 0 fully saturated rings. The van der Waals surface area contributed by atoms with Gasteiger partial charge in [-0.1, -0.05) is 12.1 Å². The molecule has 1 aliphatic heterocycles. The molecule has 0 saturated carbocycles. The summed E-state index contributed by atoms with van der Waals surface area (Å²) in [5.74, 6) is -4.89. The Morgan fingerprint density at radius 1 is 0.962 bits per heavy atom. The maximum Gasteiger partial charge on any atom is 0.328 e. The summed E-state index contributed by atoms with van der Waals surface area (Å²) in [5, 5.41) is 47.7. The molecule has 0 spiro atoms. The van der Waals surface area contributed by atoms with Crippen LogP contribution in [0.3, 0.4) is 0 Å². The molecule has 5 N–H and O–H groups in total. The van der Waals surface area contributed by atoms with Crippen LogP contribution in [0, 0.1) is 0 Å². The highest BCUT2D eigenvalue weighted by molar-refractivity contribution is 5.88. The van der Waals surface area contributed by atoms with E-state index in [0.717, 1.165) is 6.08 Å². The molecule has 26 heavy (non-hydrogen) atoms. The normalized spacial score (nSPS) is 18.5. The van der Waals surface area contributed by atoms with Crippen molar-refractivity contribution in [1.82, 2.24) is 0 Å². The number of carboxylic acid groups (broad SMARTS) is 2. The van der Waals surface area contributed by atoms with Gasteiger partial charge in [-0.05, 0) is 35.4 Å². The third-order valence-corrected chi connectivity index (χ3v) is 4.07. The molecule has 8 nitrogen and oxygen atoms in total. The van der Waals surface area contributed by atoms with E-state index in [1.807, 2.05) is 0 Å². The first-order valence-corrected chi connectivity index (χ1v) is 7.47. The van der Waals surface area contributed by atoms with Crippen molar-refractivity contribution in [1.29, 1.82) is 0 Å². The van der Waals surface area contributed by atoms with Crippen LogP contribution in [0.5, 0.6) is 23.0 Å². The minimum atomic E-state index is -1.26. The average Bonchev–Trinajstić information content (AvgIpc) is 2.98. The number of fused-ring (bicyclic) bond motifs is 1. The monoisotopic (exact) mass is 358 g/mol. The van der Waals surface area contributed by atoms with Gasteiger partial charge < -0.3 is 30.3 Å². The van der Waals surface area contributed by atoms with Crippen LogP contribution in [-0.2, 0) is 9.59 Å². The van der Waals surface area contributed by atoms with Crippen LogP contribution in [0.1, 0.15) is 28.7 Å². The Morgan fingerprint density at radius 3 is 2.27 bits per heavy atom. The fraction of sp³-hybridized carbons (Fsp3) is 0.111. The molecule has 8 heteroatoms. The van der Waals surface area contributed by atoms with Crippen molar-refractivity contribution in [3.8, 4) is 23.0 Å². The average molecular weight is 358 g/mol. The van der Waals surface area contributed by atoms with E-state index in [1.54, 1.807) is 0 Å². The zero-order valence-electron chi connectivity index (χ0n) is 13.2. The Labute approximate surface area is 146 Å². The first-order chi connectivity index (χ1) is 12.3. The van der Waals surface area contributed by atoms with Gasteiger partial charge in [0.1, 0.15) is 12.0 Å². The molecule has 0 aromatic heterocycles. The summed E-state index contributed by atoms with van der Waals surface area (Å²) in [6.07, 6.45) is 0.987. The fourth-order valence-corrected chi connectivity index (χ4v) is 2.93. The second-order valence-electron chi connectivity index (χ2n) is 5.69. The molecule has 134 valence electrons. The summed E-state index contributed by atoms with van der Waals surface area (Å²) in [5.41, 5.74) is 0.683. The number of aliphatic carboxylic acids is 2. The molecular weight excluding hydrogens is 344 g/mol. The highest BCUT2D eigenvalue weighted by Gasteiger charge is 2.43. The Kier molecular flexibility index (Phi) is 4.17. The number of rotatable bonds is 4. The van der Waals surface area contributed by atoms with E-state index in [2.05, 4.69) is 0 Å². The summed E-state index contributed by atoms with van der Waals surface area (Å²) in [7, 11) is 0. The maximum atomic E-state index is 11.9. The van der Waals surface area contributed by atoms with Crippen molar-refractivity contribution in [2.24, 2.45) is 0 Å². The molecule has 0 amide bonds. The second kappa shape index (κ2) is 6.32. The van der Waals surface area contributed by atoms with Crippen LogP contribution in [0.25, 0.3) is 6.08 Å². The number of carboxylic acids is 2. The zero-order chi connectivity index (χ0) is 19.0. The van der Waals surface area contributed by atoms with E-state index in [1.165, 1.54) is 36.4 Å². The van der Waals surface area contributed by atoms with Crippen molar-refractivity contribution in [3.05, 3.63) is 53.1 Å². The van der Waals surface area contributed by atoms with Gasteiger partial charge in [-0.15, -0.1) is 0 Å². The van der Waals surface area contributed by atoms with Crippen LogP contribution in [0.2, 0.25) is 0 Å². The van der Waals surface area contributed by atoms with Gasteiger partial charge in [0.25, 0.3) is 0 Å². The number of hydrogen-bond acceptors (Lipinski definition) is 6. The van der Waals surface area contributed by atoms with E-state index in [9.17, 15) is 30.0 Å². The van der Waals surface area contributed by atoms with Crippen LogP contribution >= 0.6 is 0 Å². The first kappa shape index (κ1) is 17.2. The molecule has 2 atom stereocenters. The third-order valence-electron chi connectivity index (χ3n) is 4.07. The Balaban J connectivity index is 2.15. The number of hydrogen-bond donors (Lipinski definition) is 5. The predicted molar refractivity (Wildman–Crippen MR) is 88.3 cm³/mol.